The van der Waals surface area contributed by atoms with E-state index in [1.165, 1.54) is 5.56 Å². The number of aryl methyl sites for hydroxylation is 1. The zero-order valence-electron chi connectivity index (χ0n) is 17.7. The summed E-state index contributed by atoms with van der Waals surface area (Å²) >= 11 is 1.63. The third-order valence-electron chi connectivity index (χ3n) is 4.94. The predicted octanol–water partition coefficient (Wildman–Crippen LogP) is 4.78. The van der Waals surface area contributed by atoms with Crippen LogP contribution >= 0.6 is 11.3 Å². The topological polar surface area (TPSA) is 56.8 Å². The van der Waals surface area contributed by atoms with E-state index >= 15 is 0 Å². The Bertz CT molecular complexity index is 942. The smallest absolute Gasteiger partial charge is 0.225 e. The van der Waals surface area contributed by atoms with E-state index in [4.69, 9.17) is 14.2 Å². The standard InChI is InChI=1S/C24H27NO4S/c1-5-16-8-10-18(11-9-16)23(21-7-6-12-30-21)25-22(26)15-17-13-19(27-2)24(29-4)20(14-17)28-3/h6-14,23H,5,15H2,1-4H3,(H,25,26)/t23-/m0/s1. The van der Waals surface area contributed by atoms with E-state index in [0.717, 1.165) is 22.4 Å². The van der Waals surface area contributed by atoms with Gasteiger partial charge in [-0.25, -0.2) is 0 Å². The molecular weight excluding hydrogens is 398 g/mol. The third kappa shape index (κ3) is 4.94. The molecule has 0 aliphatic heterocycles. The summed E-state index contributed by atoms with van der Waals surface area (Å²) < 4.78 is 16.2. The molecule has 1 heterocycles. The molecule has 0 saturated heterocycles. The lowest BCUT2D eigenvalue weighted by Gasteiger charge is -2.19. The summed E-state index contributed by atoms with van der Waals surface area (Å²) in [6, 6.07) is 15.9. The molecule has 1 N–H and O–H groups in total. The second kappa shape index (κ2) is 10.2. The van der Waals surface area contributed by atoms with Gasteiger partial charge >= 0.3 is 0 Å². The van der Waals surface area contributed by atoms with Crippen molar-refractivity contribution in [1.82, 2.24) is 5.32 Å². The van der Waals surface area contributed by atoms with Gasteiger partial charge in [-0.05, 0) is 46.7 Å². The third-order valence-corrected chi connectivity index (χ3v) is 5.88. The second-order valence-corrected chi connectivity index (χ2v) is 7.80. The van der Waals surface area contributed by atoms with Crippen LogP contribution in [0.1, 0.15) is 34.5 Å². The molecule has 0 saturated carbocycles. The Morgan fingerprint density at radius 2 is 1.63 bits per heavy atom. The van der Waals surface area contributed by atoms with Crippen molar-refractivity contribution < 1.29 is 19.0 Å². The van der Waals surface area contributed by atoms with Gasteiger partial charge in [0.15, 0.2) is 11.5 Å². The molecule has 6 heteroatoms. The monoisotopic (exact) mass is 425 g/mol. The molecule has 0 unspecified atom stereocenters. The van der Waals surface area contributed by atoms with Crippen molar-refractivity contribution in [2.75, 3.05) is 21.3 Å². The quantitative estimate of drug-likeness (QED) is 0.536. The highest BCUT2D eigenvalue weighted by Gasteiger charge is 2.20. The molecule has 0 aliphatic rings. The molecule has 0 radical (unpaired) electrons. The van der Waals surface area contributed by atoms with Gasteiger partial charge in [0.2, 0.25) is 11.7 Å². The number of carbonyl (C=O) groups is 1. The molecule has 30 heavy (non-hydrogen) atoms. The van der Waals surface area contributed by atoms with E-state index in [1.54, 1.807) is 44.8 Å². The summed E-state index contributed by atoms with van der Waals surface area (Å²) in [5, 5.41) is 5.21. The molecule has 3 aromatic rings. The van der Waals surface area contributed by atoms with Crippen LogP contribution in [0.2, 0.25) is 0 Å². The van der Waals surface area contributed by atoms with Crippen molar-refractivity contribution in [3.05, 3.63) is 75.5 Å². The van der Waals surface area contributed by atoms with Gasteiger partial charge in [0.1, 0.15) is 0 Å². The van der Waals surface area contributed by atoms with Crippen LogP contribution in [0.5, 0.6) is 17.2 Å². The van der Waals surface area contributed by atoms with Crippen LogP contribution in [0.15, 0.2) is 53.9 Å². The van der Waals surface area contributed by atoms with E-state index in [1.807, 2.05) is 17.5 Å². The minimum Gasteiger partial charge on any atom is -0.493 e. The maximum atomic E-state index is 12.9. The number of rotatable bonds is 9. The average Bonchev–Trinajstić information content (AvgIpc) is 3.31. The van der Waals surface area contributed by atoms with Crippen LogP contribution in [0, 0.1) is 0 Å². The summed E-state index contributed by atoms with van der Waals surface area (Å²) in [6.45, 7) is 2.13. The normalized spacial score (nSPS) is 11.6. The Kier molecular flexibility index (Phi) is 7.36. The minimum absolute atomic E-state index is 0.0813. The molecule has 2 aromatic carbocycles. The first kappa shape index (κ1) is 21.7. The van der Waals surface area contributed by atoms with Gasteiger partial charge < -0.3 is 19.5 Å². The SMILES string of the molecule is CCc1ccc([C@H](NC(=O)Cc2cc(OC)c(OC)c(OC)c2)c2cccs2)cc1. The fourth-order valence-corrected chi connectivity index (χ4v) is 4.16. The summed E-state index contributed by atoms with van der Waals surface area (Å²) in [6.07, 6.45) is 1.18. The van der Waals surface area contributed by atoms with Crippen LogP contribution in [0.25, 0.3) is 0 Å². The minimum atomic E-state index is -0.189. The van der Waals surface area contributed by atoms with Crippen molar-refractivity contribution in [3.63, 3.8) is 0 Å². The Hall–Kier alpha value is -2.99. The van der Waals surface area contributed by atoms with Crippen LogP contribution in [0.3, 0.4) is 0 Å². The van der Waals surface area contributed by atoms with Gasteiger partial charge in [0.25, 0.3) is 0 Å². The molecule has 0 fully saturated rings. The predicted molar refractivity (Wildman–Crippen MR) is 120 cm³/mol. The zero-order chi connectivity index (χ0) is 21.5. The van der Waals surface area contributed by atoms with Crippen LogP contribution in [-0.2, 0) is 17.6 Å². The van der Waals surface area contributed by atoms with Gasteiger partial charge in [-0.1, -0.05) is 37.3 Å². The fourth-order valence-electron chi connectivity index (χ4n) is 3.35. The van der Waals surface area contributed by atoms with E-state index < -0.39 is 0 Å². The highest BCUT2D eigenvalue weighted by atomic mass is 32.1. The first-order valence-corrected chi connectivity index (χ1v) is 10.7. The van der Waals surface area contributed by atoms with Crippen LogP contribution in [-0.4, -0.2) is 27.2 Å². The molecule has 0 spiro atoms. The Balaban J connectivity index is 1.83. The summed E-state index contributed by atoms with van der Waals surface area (Å²) in [5.41, 5.74) is 3.12. The molecule has 0 aliphatic carbocycles. The molecular formula is C24H27NO4S. The second-order valence-electron chi connectivity index (χ2n) is 6.82. The Labute approximate surface area is 181 Å². The van der Waals surface area contributed by atoms with E-state index in [9.17, 15) is 4.79 Å². The first-order valence-electron chi connectivity index (χ1n) is 9.80. The lowest BCUT2D eigenvalue weighted by atomic mass is 10.0. The number of amides is 1. The highest BCUT2D eigenvalue weighted by Crippen LogP contribution is 2.38. The maximum absolute atomic E-state index is 12.9. The number of benzene rings is 2. The Morgan fingerprint density at radius 3 is 2.13 bits per heavy atom. The molecule has 3 rings (SSSR count). The molecule has 0 bridgehead atoms. The number of ether oxygens (including phenoxy) is 3. The van der Waals surface area contributed by atoms with E-state index in [2.05, 4.69) is 36.5 Å². The van der Waals surface area contributed by atoms with Crippen molar-refractivity contribution in [2.45, 2.75) is 25.8 Å². The number of hydrogen-bond donors (Lipinski definition) is 1. The van der Waals surface area contributed by atoms with Gasteiger partial charge in [-0.2, -0.15) is 0 Å². The van der Waals surface area contributed by atoms with Crippen LogP contribution in [0.4, 0.5) is 0 Å². The number of hydrogen-bond acceptors (Lipinski definition) is 5. The molecule has 1 aromatic heterocycles. The van der Waals surface area contributed by atoms with Gasteiger partial charge in [0.05, 0.1) is 33.8 Å². The number of methoxy groups -OCH3 is 3. The largest absolute Gasteiger partial charge is 0.493 e. The zero-order valence-corrected chi connectivity index (χ0v) is 18.5. The molecule has 1 atom stereocenters. The van der Waals surface area contributed by atoms with Gasteiger partial charge in [0, 0.05) is 4.88 Å². The van der Waals surface area contributed by atoms with Gasteiger partial charge in [-0.15, -0.1) is 11.3 Å². The molecule has 1 amide bonds. The van der Waals surface area contributed by atoms with E-state index in [-0.39, 0.29) is 18.4 Å². The lowest BCUT2D eigenvalue weighted by molar-refractivity contribution is -0.120. The fraction of sp³-hybridized carbons (Fsp3) is 0.292. The maximum Gasteiger partial charge on any atom is 0.225 e. The molecule has 5 nitrogen and oxygen atoms in total. The van der Waals surface area contributed by atoms with Crippen LogP contribution < -0.4 is 19.5 Å². The lowest BCUT2D eigenvalue weighted by Crippen LogP contribution is -2.30. The van der Waals surface area contributed by atoms with Crippen molar-refractivity contribution >= 4 is 17.2 Å². The summed E-state index contributed by atoms with van der Waals surface area (Å²) in [7, 11) is 4.68. The van der Waals surface area contributed by atoms with Crippen molar-refractivity contribution in [1.29, 1.82) is 0 Å². The highest BCUT2D eigenvalue weighted by molar-refractivity contribution is 7.10. The summed E-state index contributed by atoms with van der Waals surface area (Å²) in [4.78, 5) is 14.0. The van der Waals surface area contributed by atoms with Crippen molar-refractivity contribution in [2.24, 2.45) is 0 Å². The number of nitrogens with one attached hydrogen (secondary N) is 1. The summed E-state index contributed by atoms with van der Waals surface area (Å²) in [5.74, 6) is 1.49. The first-order chi connectivity index (χ1) is 14.6. The molecule has 158 valence electrons. The van der Waals surface area contributed by atoms with Crippen molar-refractivity contribution in [3.8, 4) is 17.2 Å². The van der Waals surface area contributed by atoms with Gasteiger partial charge in [-0.3, -0.25) is 4.79 Å². The van der Waals surface area contributed by atoms with E-state index in [0.29, 0.717) is 17.2 Å². The Morgan fingerprint density at radius 1 is 0.967 bits per heavy atom. The number of thiophene rings is 1. The number of carbonyl (C=O) groups excluding carboxylic acids is 1. The average molecular weight is 426 g/mol.